The first-order chi connectivity index (χ1) is 18.5. The third-order valence-corrected chi connectivity index (χ3v) is 7.29. The Hall–Kier alpha value is -3.84. The minimum atomic E-state index is -5.05. The average Bonchev–Trinajstić information content (AvgIpc) is 2.84. The molecule has 0 spiro atoms. The van der Waals surface area contributed by atoms with Crippen molar-refractivity contribution in [2.45, 2.75) is 31.8 Å². The normalized spacial score (nSPS) is 12.4. The summed E-state index contributed by atoms with van der Waals surface area (Å²) in [5, 5.41) is 2.61. The highest BCUT2D eigenvalue weighted by molar-refractivity contribution is 7.92. The lowest BCUT2D eigenvalue weighted by Gasteiger charge is -2.17. The second kappa shape index (κ2) is 10.3. The lowest BCUT2D eigenvalue weighted by atomic mass is 9.96. The summed E-state index contributed by atoms with van der Waals surface area (Å²) in [6, 6.07) is 7.51. The van der Waals surface area contributed by atoms with Crippen LogP contribution in [-0.2, 0) is 21.0 Å². The highest BCUT2D eigenvalue weighted by Crippen LogP contribution is 2.38. The van der Waals surface area contributed by atoms with Crippen molar-refractivity contribution in [3.63, 3.8) is 0 Å². The van der Waals surface area contributed by atoms with Gasteiger partial charge in [-0.15, -0.1) is 0 Å². The summed E-state index contributed by atoms with van der Waals surface area (Å²) in [6.07, 6.45) is -3.73. The Bertz CT molecular complexity index is 1760. The van der Waals surface area contributed by atoms with Crippen LogP contribution in [0.4, 0.5) is 33.6 Å². The first-order valence-electron chi connectivity index (χ1n) is 11.4. The molecule has 40 heavy (non-hydrogen) atoms. The van der Waals surface area contributed by atoms with Gasteiger partial charge in [0.05, 0.1) is 22.3 Å². The summed E-state index contributed by atoms with van der Waals surface area (Å²) < 4.78 is 98.2. The van der Waals surface area contributed by atoms with Gasteiger partial charge in [-0.2, -0.15) is 13.2 Å². The average molecular weight is 599 g/mol. The van der Waals surface area contributed by atoms with Crippen LogP contribution >= 0.6 is 11.6 Å². The molecule has 0 atom stereocenters. The van der Waals surface area contributed by atoms with E-state index in [9.17, 15) is 30.8 Å². The molecule has 0 bridgehead atoms. The predicted molar refractivity (Wildman–Crippen MR) is 140 cm³/mol. The Morgan fingerprint density at radius 3 is 2.33 bits per heavy atom. The van der Waals surface area contributed by atoms with Gasteiger partial charge < -0.3 is 0 Å². The van der Waals surface area contributed by atoms with Crippen molar-refractivity contribution < 1.29 is 35.2 Å². The van der Waals surface area contributed by atoms with Crippen molar-refractivity contribution in [3.05, 3.63) is 76.9 Å². The molecule has 0 aliphatic heterocycles. The van der Waals surface area contributed by atoms with Crippen LogP contribution in [0.5, 0.6) is 0 Å². The van der Waals surface area contributed by atoms with E-state index in [2.05, 4.69) is 15.3 Å². The first-order valence-corrected chi connectivity index (χ1v) is 13.3. The van der Waals surface area contributed by atoms with Crippen molar-refractivity contribution in [2.24, 2.45) is 5.41 Å². The van der Waals surface area contributed by atoms with Crippen molar-refractivity contribution in [1.82, 2.24) is 9.97 Å². The Morgan fingerprint density at radius 2 is 1.68 bits per heavy atom. The maximum Gasteiger partial charge on any atom is 0.417 e. The predicted octanol–water partition coefficient (Wildman–Crippen LogP) is 7.03. The van der Waals surface area contributed by atoms with Crippen LogP contribution in [0.1, 0.15) is 26.3 Å². The lowest BCUT2D eigenvalue weighted by Crippen LogP contribution is -2.28. The van der Waals surface area contributed by atoms with Crippen LogP contribution in [0.2, 0.25) is 5.02 Å². The van der Waals surface area contributed by atoms with Gasteiger partial charge in [0.1, 0.15) is 10.7 Å². The van der Waals surface area contributed by atoms with Crippen LogP contribution in [0.15, 0.2) is 59.6 Å². The molecular formula is C26H20ClF5N4O3S. The van der Waals surface area contributed by atoms with Gasteiger partial charge in [0.2, 0.25) is 11.9 Å². The number of fused-ring (bicyclic) bond motifs is 1. The van der Waals surface area contributed by atoms with Crippen LogP contribution in [-0.4, -0.2) is 24.3 Å². The summed E-state index contributed by atoms with van der Waals surface area (Å²) in [7, 11) is -5.02. The highest BCUT2D eigenvalue weighted by atomic mass is 35.5. The van der Waals surface area contributed by atoms with Crippen molar-refractivity contribution in [1.29, 1.82) is 0 Å². The SMILES string of the molecule is CC(C)(C)C(=O)Nc1ncc2cc(-c3c(F)ccc(NS(=O)(=O)c4cc(Cl)ccc4C(F)(F)F)c3F)ccc2n1. The van der Waals surface area contributed by atoms with Gasteiger partial charge in [0.25, 0.3) is 10.0 Å². The number of nitrogens with one attached hydrogen (secondary N) is 2. The second-order valence-electron chi connectivity index (χ2n) is 9.70. The standard InChI is InChI=1S/C26H20ClF5N4O3S/c1-25(2,3)23(37)35-24-33-12-14-10-13(4-8-18(14)34-24)21-17(28)7-9-19(22(21)29)36-40(38,39)20-11-15(27)5-6-16(20)26(30,31)32/h4-12,36H,1-3H3,(H,33,34,35,37). The van der Waals surface area contributed by atoms with E-state index < -0.39 is 55.0 Å². The minimum absolute atomic E-state index is 0.0215. The minimum Gasteiger partial charge on any atom is -0.294 e. The summed E-state index contributed by atoms with van der Waals surface area (Å²) in [5.74, 6) is -2.73. The van der Waals surface area contributed by atoms with E-state index in [1.807, 2.05) is 0 Å². The van der Waals surface area contributed by atoms with Gasteiger partial charge in [0, 0.05) is 22.0 Å². The van der Waals surface area contributed by atoms with Crippen LogP contribution in [0.25, 0.3) is 22.0 Å². The van der Waals surface area contributed by atoms with Gasteiger partial charge in [-0.05, 0) is 48.0 Å². The number of rotatable bonds is 5. The van der Waals surface area contributed by atoms with Crippen LogP contribution < -0.4 is 10.0 Å². The topological polar surface area (TPSA) is 101 Å². The van der Waals surface area contributed by atoms with Gasteiger partial charge in [0.15, 0.2) is 5.82 Å². The summed E-state index contributed by atoms with van der Waals surface area (Å²) in [6.45, 7) is 5.12. The zero-order chi connectivity index (χ0) is 29.6. The molecule has 7 nitrogen and oxygen atoms in total. The van der Waals surface area contributed by atoms with Crippen molar-refractivity contribution in [3.8, 4) is 11.1 Å². The number of benzene rings is 3. The van der Waals surface area contributed by atoms with Crippen molar-refractivity contribution in [2.75, 3.05) is 10.0 Å². The van der Waals surface area contributed by atoms with E-state index in [0.717, 1.165) is 18.2 Å². The Kier molecular flexibility index (Phi) is 7.50. The Morgan fingerprint density at radius 1 is 0.975 bits per heavy atom. The monoisotopic (exact) mass is 598 g/mol. The van der Waals surface area contributed by atoms with Crippen LogP contribution in [0.3, 0.4) is 0 Å². The maximum absolute atomic E-state index is 15.5. The zero-order valence-electron chi connectivity index (χ0n) is 21.0. The maximum atomic E-state index is 15.5. The number of sulfonamides is 1. The fraction of sp³-hybridized carbons (Fsp3) is 0.192. The number of amides is 1. The second-order valence-corrected chi connectivity index (χ2v) is 11.8. The number of alkyl halides is 3. The lowest BCUT2D eigenvalue weighted by molar-refractivity contribution is -0.139. The number of anilines is 2. The number of carbonyl (C=O) groups excluding carboxylic acids is 1. The molecule has 0 saturated heterocycles. The molecule has 0 unspecified atom stereocenters. The molecule has 0 aliphatic rings. The Labute approximate surface area is 230 Å². The van der Waals surface area contributed by atoms with Gasteiger partial charge in [-0.3, -0.25) is 14.8 Å². The summed E-state index contributed by atoms with van der Waals surface area (Å²) >= 11 is 5.72. The van der Waals surface area contributed by atoms with Gasteiger partial charge in [-0.25, -0.2) is 27.2 Å². The molecule has 1 heterocycles. The number of hydrogen-bond donors (Lipinski definition) is 2. The molecule has 0 saturated carbocycles. The highest BCUT2D eigenvalue weighted by Gasteiger charge is 2.37. The van der Waals surface area contributed by atoms with Gasteiger partial charge in [-0.1, -0.05) is 38.4 Å². The molecule has 4 aromatic rings. The quantitative estimate of drug-likeness (QED) is 0.240. The molecule has 1 aromatic heterocycles. The fourth-order valence-corrected chi connectivity index (χ4v) is 5.14. The molecule has 14 heteroatoms. The van der Waals surface area contributed by atoms with E-state index >= 15 is 4.39 Å². The molecule has 2 N–H and O–H groups in total. The largest absolute Gasteiger partial charge is 0.417 e. The molecular weight excluding hydrogens is 579 g/mol. The van der Waals surface area contributed by atoms with E-state index in [4.69, 9.17) is 11.6 Å². The number of aromatic nitrogens is 2. The van der Waals surface area contributed by atoms with E-state index in [1.165, 1.54) is 24.4 Å². The summed E-state index contributed by atoms with van der Waals surface area (Å²) in [5.41, 5.74) is -3.35. The molecule has 0 aliphatic carbocycles. The molecule has 1 amide bonds. The van der Waals surface area contributed by atoms with Gasteiger partial charge >= 0.3 is 6.18 Å². The van der Waals surface area contributed by atoms with Crippen molar-refractivity contribution >= 4 is 50.1 Å². The molecule has 3 aromatic carbocycles. The molecule has 0 fully saturated rings. The van der Waals surface area contributed by atoms with E-state index in [0.29, 0.717) is 23.0 Å². The molecule has 210 valence electrons. The molecule has 4 rings (SSSR count). The third-order valence-electron chi connectivity index (χ3n) is 5.65. The van der Waals surface area contributed by atoms with Crippen LogP contribution in [0, 0.1) is 17.0 Å². The summed E-state index contributed by atoms with van der Waals surface area (Å²) in [4.78, 5) is 19.2. The third kappa shape index (κ3) is 5.99. The van der Waals surface area contributed by atoms with E-state index in [1.54, 1.807) is 25.5 Å². The number of halogens is 6. The molecule has 0 radical (unpaired) electrons. The Balaban J connectivity index is 1.72. The fourth-order valence-electron chi connectivity index (χ4n) is 3.59. The zero-order valence-corrected chi connectivity index (χ0v) is 22.6. The smallest absolute Gasteiger partial charge is 0.294 e. The number of hydrogen-bond acceptors (Lipinski definition) is 5. The van der Waals surface area contributed by atoms with E-state index in [-0.39, 0.29) is 22.4 Å². The first kappa shape index (κ1) is 29.2. The number of carbonyl (C=O) groups is 1. The number of nitrogens with zero attached hydrogens (tertiary/aromatic N) is 2.